The number of hydrogen-bond donors (Lipinski definition) is 1. The van der Waals surface area contributed by atoms with Gasteiger partial charge in [-0.1, -0.05) is 12.1 Å². The Bertz CT molecular complexity index is 1250. The molecule has 0 unspecified atom stereocenters. The van der Waals surface area contributed by atoms with Crippen molar-refractivity contribution < 1.29 is 24.0 Å². The van der Waals surface area contributed by atoms with Crippen molar-refractivity contribution in [1.29, 1.82) is 5.26 Å². The van der Waals surface area contributed by atoms with Crippen molar-refractivity contribution in [1.82, 2.24) is 4.98 Å². The number of benzene rings is 2. The van der Waals surface area contributed by atoms with E-state index in [1.54, 1.807) is 23.6 Å². The van der Waals surface area contributed by atoms with Gasteiger partial charge in [-0.25, -0.2) is 9.78 Å². The molecule has 0 spiro atoms. The van der Waals surface area contributed by atoms with E-state index in [0.717, 1.165) is 11.3 Å². The highest BCUT2D eigenvalue weighted by atomic mass is 32.1. The number of nitro groups is 1. The van der Waals surface area contributed by atoms with Crippen LogP contribution in [0, 0.1) is 21.4 Å². The maximum Gasteiger partial charge on any atom is 0.339 e. The lowest BCUT2D eigenvalue weighted by molar-refractivity contribution is -0.384. The lowest BCUT2D eigenvalue weighted by Gasteiger charge is -2.10. The second-order valence-corrected chi connectivity index (χ2v) is 7.18. The topological polar surface area (TPSA) is 152 Å². The van der Waals surface area contributed by atoms with Gasteiger partial charge >= 0.3 is 5.97 Å². The van der Waals surface area contributed by atoms with Gasteiger partial charge in [-0.2, -0.15) is 5.26 Å². The van der Waals surface area contributed by atoms with E-state index in [-0.39, 0.29) is 21.9 Å². The van der Waals surface area contributed by atoms with E-state index in [2.05, 4.69) is 15.0 Å². The largest absolute Gasteiger partial charge is 0.465 e. The Morgan fingerprint density at radius 3 is 2.50 bits per heavy atom. The number of nitrogens with one attached hydrogen (secondary N) is 1. The minimum absolute atomic E-state index is 0.0550. The fourth-order valence-corrected chi connectivity index (χ4v) is 3.60. The number of aromatic nitrogens is 1. The molecule has 2 aromatic carbocycles. The number of non-ortho nitro benzene ring substituents is 1. The van der Waals surface area contributed by atoms with Gasteiger partial charge in [-0.3, -0.25) is 19.7 Å². The number of ether oxygens (including phenoxy) is 1. The summed E-state index contributed by atoms with van der Waals surface area (Å²) in [6, 6.07) is 13.4. The predicted octanol–water partition coefficient (Wildman–Crippen LogP) is 3.32. The van der Waals surface area contributed by atoms with E-state index in [4.69, 9.17) is 0 Å². The molecule has 0 aliphatic rings. The van der Waals surface area contributed by atoms with E-state index < -0.39 is 28.5 Å². The van der Waals surface area contributed by atoms with Crippen LogP contribution >= 0.6 is 11.3 Å². The van der Waals surface area contributed by atoms with Gasteiger partial charge in [-0.05, 0) is 24.3 Å². The number of hydrogen-bond acceptors (Lipinski definition) is 9. The number of nitriles is 1. The first-order chi connectivity index (χ1) is 15.3. The molecule has 0 radical (unpaired) electrons. The number of amides is 1. The molecule has 3 rings (SSSR count). The summed E-state index contributed by atoms with van der Waals surface area (Å²) in [6.45, 7) is 0. The Hall–Kier alpha value is -4.43. The zero-order chi connectivity index (χ0) is 23.3. The minimum Gasteiger partial charge on any atom is -0.465 e. The summed E-state index contributed by atoms with van der Waals surface area (Å²) in [5, 5.41) is 24.3. The molecular formula is C21H14N4O6S. The molecule has 32 heavy (non-hydrogen) atoms. The van der Waals surface area contributed by atoms with Crippen LogP contribution in [-0.4, -0.2) is 34.7 Å². The Morgan fingerprint density at radius 1 is 1.19 bits per heavy atom. The van der Waals surface area contributed by atoms with Gasteiger partial charge in [0.1, 0.15) is 5.01 Å². The van der Waals surface area contributed by atoms with Crippen LogP contribution in [0.4, 0.5) is 11.4 Å². The third kappa shape index (κ3) is 4.66. The van der Waals surface area contributed by atoms with Crippen molar-refractivity contribution in [2.24, 2.45) is 0 Å². The molecule has 0 bridgehead atoms. The Labute approximate surface area is 185 Å². The maximum atomic E-state index is 12.6. The van der Waals surface area contributed by atoms with Gasteiger partial charge in [0.05, 0.1) is 35.0 Å². The number of methoxy groups -OCH3 is 1. The standard InChI is InChI=1S/C21H14N4O6S/c1-31-21(28)14-4-2-3-5-16(14)23-19(27)18(26)15(10-22)20-24-17(11-32-20)12-6-8-13(9-7-12)25(29)30/h2-9,11,15H,1H3,(H,23,27)/t15-/m1/s1. The van der Waals surface area contributed by atoms with Gasteiger partial charge < -0.3 is 10.1 Å². The number of thiazole rings is 1. The highest BCUT2D eigenvalue weighted by Gasteiger charge is 2.30. The highest BCUT2D eigenvalue weighted by molar-refractivity contribution is 7.10. The molecule has 1 atom stereocenters. The van der Waals surface area contributed by atoms with Crippen LogP contribution in [-0.2, 0) is 14.3 Å². The van der Waals surface area contributed by atoms with Crippen molar-refractivity contribution in [3.8, 4) is 17.3 Å². The van der Waals surface area contributed by atoms with E-state index in [0.29, 0.717) is 11.3 Å². The first-order valence-corrected chi connectivity index (χ1v) is 9.86. The molecule has 1 heterocycles. The molecular weight excluding hydrogens is 436 g/mol. The molecule has 1 aromatic heterocycles. The molecule has 10 nitrogen and oxygen atoms in total. The van der Waals surface area contributed by atoms with Crippen molar-refractivity contribution in [3.63, 3.8) is 0 Å². The summed E-state index contributed by atoms with van der Waals surface area (Å²) in [5.74, 6) is -4.29. The molecule has 0 fully saturated rings. The Kier molecular flexibility index (Phi) is 6.67. The first kappa shape index (κ1) is 22.3. The van der Waals surface area contributed by atoms with E-state index in [1.807, 2.05) is 0 Å². The number of carbonyl (C=O) groups is 3. The van der Waals surface area contributed by atoms with E-state index in [1.165, 1.54) is 43.5 Å². The van der Waals surface area contributed by atoms with Crippen molar-refractivity contribution in [2.45, 2.75) is 5.92 Å². The highest BCUT2D eigenvalue weighted by Crippen LogP contribution is 2.28. The average molecular weight is 450 g/mol. The summed E-state index contributed by atoms with van der Waals surface area (Å²) >= 11 is 1.01. The minimum atomic E-state index is -1.46. The third-order valence-corrected chi connectivity index (χ3v) is 5.25. The van der Waals surface area contributed by atoms with Gasteiger partial charge in [0.2, 0.25) is 5.78 Å². The number of para-hydroxylation sites is 1. The normalized spacial score (nSPS) is 11.1. The van der Waals surface area contributed by atoms with E-state index >= 15 is 0 Å². The summed E-state index contributed by atoms with van der Waals surface area (Å²) in [7, 11) is 1.18. The molecule has 0 aliphatic heterocycles. The molecule has 3 aromatic rings. The predicted molar refractivity (Wildman–Crippen MR) is 114 cm³/mol. The first-order valence-electron chi connectivity index (χ1n) is 8.98. The molecule has 11 heteroatoms. The quantitative estimate of drug-likeness (QED) is 0.249. The van der Waals surface area contributed by atoms with Crippen LogP contribution in [0.3, 0.4) is 0 Å². The molecule has 0 saturated carbocycles. The van der Waals surface area contributed by atoms with Crippen molar-refractivity contribution in [2.75, 3.05) is 12.4 Å². The lowest BCUT2D eigenvalue weighted by atomic mass is 10.1. The summed E-state index contributed by atoms with van der Waals surface area (Å²) in [6.07, 6.45) is 0. The number of carbonyl (C=O) groups excluding carboxylic acids is 3. The monoisotopic (exact) mass is 450 g/mol. The molecule has 1 amide bonds. The maximum absolute atomic E-state index is 12.6. The second-order valence-electron chi connectivity index (χ2n) is 6.29. The SMILES string of the molecule is COC(=O)c1ccccc1NC(=O)C(=O)[C@@H](C#N)c1nc(-c2ccc([N+](=O)[O-])cc2)cs1. The Morgan fingerprint density at radius 2 is 1.88 bits per heavy atom. The summed E-state index contributed by atoms with van der Waals surface area (Å²) in [4.78, 5) is 51.4. The van der Waals surface area contributed by atoms with Crippen LogP contribution in [0.1, 0.15) is 21.3 Å². The number of ketones is 1. The number of nitro benzene ring substituents is 1. The summed E-state index contributed by atoms with van der Waals surface area (Å²) < 4.78 is 4.65. The van der Waals surface area contributed by atoms with Gasteiger partial charge in [0.25, 0.3) is 11.6 Å². The zero-order valence-electron chi connectivity index (χ0n) is 16.5. The van der Waals surface area contributed by atoms with Crippen LogP contribution in [0.25, 0.3) is 11.3 Å². The molecule has 160 valence electrons. The molecule has 0 aliphatic carbocycles. The number of esters is 1. The lowest BCUT2D eigenvalue weighted by Crippen LogP contribution is -2.28. The number of Topliss-reactive ketones (excluding diaryl/α,β-unsaturated/α-hetero) is 1. The fraction of sp³-hybridized carbons (Fsp3) is 0.0952. The number of rotatable bonds is 7. The number of nitrogens with zero attached hydrogens (tertiary/aromatic N) is 3. The van der Waals surface area contributed by atoms with Gasteiger partial charge in [0, 0.05) is 23.1 Å². The average Bonchev–Trinajstić information content (AvgIpc) is 3.29. The van der Waals surface area contributed by atoms with Crippen LogP contribution in [0.15, 0.2) is 53.9 Å². The van der Waals surface area contributed by atoms with Crippen molar-refractivity contribution in [3.05, 3.63) is 74.6 Å². The second kappa shape index (κ2) is 9.59. The zero-order valence-corrected chi connectivity index (χ0v) is 17.3. The van der Waals surface area contributed by atoms with Crippen LogP contribution < -0.4 is 5.32 Å². The third-order valence-electron chi connectivity index (χ3n) is 4.34. The molecule has 0 saturated heterocycles. The molecule has 1 N–H and O–H groups in total. The van der Waals surface area contributed by atoms with E-state index in [9.17, 15) is 29.8 Å². The van der Waals surface area contributed by atoms with Gasteiger partial charge in [0.15, 0.2) is 5.92 Å². The smallest absolute Gasteiger partial charge is 0.339 e. The Balaban J connectivity index is 1.80. The summed E-state index contributed by atoms with van der Waals surface area (Å²) in [5.41, 5.74) is 1.00. The van der Waals surface area contributed by atoms with Gasteiger partial charge in [-0.15, -0.1) is 11.3 Å². The van der Waals surface area contributed by atoms with Crippen molar-refractivity contribution >= 4 is 40.4 Å². The van der Waals surface area contributed by atoms with Crippen LogP contribution in [0.2, 0.25) is 0 Å². The number of anilines is 1. The van der Waals surface area contributed by atoms with Crippen LogP contribution in [0.5, 0.6) is 0 Å². The fourth-order valence-electron chi connectivity index (χ4n) is 2.73.